The highest BCUT2D eigenvalue weighted by molar-refractivity contribution is 5.85. The Labute approximate surface area is 104 Å². The molecular weight excluding hydrogens is 288 g/mol. The standard InChI is InChI=1S/C9H7F6NO.ClH/c10-3-1-4(11)7(13)5(6(3)12)8(16)9(14,15)2-17;/h1,8,17H,2,16H2;1H/t8-;/m1./s1. The van der Waals surface area contributed by atoms with Crippen LogP contribution in [0.25, 0.3) is 0 Å². The first-order valence-corrected chi connectivity index (χ1v) is 4.29. The normalized spacial score (nSPS) is 13.1. The Kier molecular flexibility index (Phi) is 5.45. The van der Waals surface area contributed by atoms with Crippen molar-refractivity contribution in [1.29, 1.82) is 0 Å². The van der Waals surface area contributed by atoms with Gasteiger partial charge in [0.05, 0.1) is 5.56 Å². The fourth-order valence-electron chi connectivity index (χ4n) is 1.17. The monoisotopic (exact) mass is 295 g/mol. The first-order chi connectivity index (χ1) is 7.72. The van der Waals surface area contributed by atoms with Crippen LogP contribution in [0.3, 0.4) is 0 Å². The fraction of sp³-hybridized carbons (Fsp3) is 0.333. The molecule has 0 aromatic heterocycles. The van der Waals surface area contributed by atoms with Crippen LogP contribution >= 0.6 is 12.4 Å². The molecule has 18 heavy (non-hydrogen) atoms. The number of alkyl halides is 2. The van der Waals surface area contributed by atoms with Crippen LogP contribution in [0.15, 0.2) is 6.07 Å². The summed E-state index contributed by atoms with van der Waals surface area (Å²) in [5, 5.41) is 8.28. The number of rotatable bonds is 3. The molecule has 0 heterocycles. The van der Waals surface area contributed by atoms with Crippen molar-refractivity contribution in [2.75, 3.05) is 6.61 Å². The van der Waals surface area contributed by atoms with Gasteiger partial charge in [0.2, 0.25) is 0 Å². The highest BCUT2D eigenvalue weighted by atomic mass is 35.5. The predicted octanol–water partition coefficient (Wildman–Crippen LogP) is 2.29. The van der Waals surface area contributed by atoms with E-state index in [0.717, 1.165) is 0 Å². The largest absolute Gasteiger partial charge is 0.390 e. The molecule has 0 aliphatic rings. The topological polar surface area (TPSA) is 46.2 Å². The Hall–Kier alpha value is -0.990. The minimum absolute atomic E-state index is 0. The van der Waals surface area contributed by atoms with Crippen molar-refractivity contribution in [3.63, 3.8) is 0 Å². The van der Waals surface area contributed by atoms with E-state index in [4.69, 9.17) is 10.8 Å². The lowest BCUT2D eigenvalue weighted by Gasteiger charge is -2.22. The second-order valence-electron chi connectivity index (χ2n) is 3.28. The van der Waals surface area contributed by atoms with E-state index in [1.165, 1.54) is 0 Å². The molecule has 0 unspecified atom stereocenters. The molecule has 0 amide bonds. The third-order valence-corrected chi connectivity index (χ3v) is 2.12. The van der Waals surface area contributed by atoms with Crippen molar-refractivity contribution in [3.05, 3.63) is 34.9 Å². The Morgan fingerprint density at radius 2 is 1.50 bits per heavy atom. The van der Waals surface area contributed by atoms with Crippen LogP contribution in [0, 0.1) is 23.3 Å². The van der Waals surface area contributed by atoms with Gasteiger partial charge < -0.3 is 10.8 Å². The van der Waals surface area contributed by atoms with Crippen molar-refractivity contribution in [2.24, 2.45) is 5.73 Å². The Balaban J connectivity index is 0.00000289. The third-order valence-electron chi connectivity index (χ3n) is 2.12. The van der Waals surface area contributed by atoms with Gasteiger partial charge >= 0.3 is 0 Å². The fourth-order valence-corrected chi connectivity index (χ4v) is 1.17. The average molecular weight is 296 g/mol. The van der Waals surface area contributed by atoms with Gasteiger partial charge in [0.1, 0.15) is 12.6 Å². The maximum Gasteiger partial charge on any atom is 0.289 e. The van der Waals surface area contributed by atoms with E-state index in [1.54, 1.807) is 0 Å². The molecule has 0 aliphatic heterocycles. The molecule has 1 aromatic carbocycles. The van der Waals surface area contributed by atoms with Crippen molar-refractivity contribution in [1.82, 2.24) is 0 Å². The van der Waals surface area contributed by atoms with Crippen LogP contribution in [-0.4, -0.2) is 17.6 Å². The van der Waals surface area contributed by atoms with Crippen LogP contribution in [0.5, 0.6) is 0 Å². The first-order valence-electron chi connectivity index (χ1n) is 4.29. The summed E-state index contributed by atoms with van der Waals surface area (Å²) >= 11 is 0. The molecule has 2 nitrogen and oxygen atoms in total. The maximum absolute atomic E-state index is 13.1. The quantitative estimate of drug-likeness (QED) is 0.664. The highest BCUT2D eigenvalue weighted by Crippen LogP contribution is 2.33. The second-order valence-corrected chi connectivity index (χ2v) is 3.28. The minimum atomic E-state index is -4.11. The molecular formula is C9H8ClF6NO. The zero-order valence-electron chi connectivity index (χ0n) is 8.56. The molecule has 0 spiro atoms. The Morgan fingerprint density at radius 1 is 1.11 bits per heavy atom. The molecule has 1 atom stereocenters. The summed E-state index contributed by atoms with van der Waals surface area (Å²) in [6, 6.07) is -2.82. The number of aliphatic hydroxyl groups is 1. The van der Waals surface area contributed by atoms with E-state index in [1.807, 2.05) is 0 Å². The molecule has 0 bridgehead atoms. The number of hydrogen-bond acceptors (Lipinski definition) is 2. The maximum atomic E-state index is 13.1. The van der Waals surface area contributed by atoms with E-state index in [-0.39, 0.29) is 18.5 Å². The summed E-state index contributed by atoms with van der Waals surface area (Å²) < 4.78 is 77.4. The van der Waals surface area contributed by atoms with Crippen LogP contribution in [0.2, 0.25) is 0 Å². The zero-order valence-corrected chi connectivity index (χ0v) is 9.38. The molecule has 1 aromatic rings. The van der Waals surface area contributed by atoms with Gasteiger partial charge in [0.15, 0.2) is 23.3 Å². The molecule has 0 saturated carbocycles. The van der Waals surface area contributed by atoms with Crippen molar-refractivity contribution >= 4 is 12.4 Å². The number of halogens is 7. The molecule has 9 heteroatoms. The van der Waals surface area contributed by atoms with Gasteiger partial charge in [0, 0.05) is 6.07 Å². The van der Waals surface area contributed by atoms with E-state index < -0.39 is 47.4 Å². The van der Waals surface area contributed by atoms with E-state index in [9.17, 15) is 26.3 Å². The molecule has 0 fully saturated rings. The molecule has 3 N–H and O–H groups in total. The van der Waals surface area contributed by atoms with Crippen molar-refractivity contribution < 1.29 is 31.4 Å². The molecule has 0 aliphatic carbocycles. The zero-order chi connectivity index (χ0) is 13.4. The van der Waals surface area contributed by atoms with Gasteiger partial charge in [-0.1, -0.05) is 0 Å². The number of aliphatic hydroxyl groups excluding tert-OH is 1. The lowest BCUT2D eigenvalue weighted by molar-refractivity contribution is -0.0728. The van der Waals surface area contributed by atoms with Crippen LogP contribution in [-0.2, 0) is 0 Å². The minimum Gasteiger partial charge on any atom is -0.390 e. The van der Waals surface area contributed by atoms with Crippen LogP contribution < -0.4 is 5.73 Å². The lowest BCUT2D eigenvalue weighted by Crippen LogP contribution is -2.37. The van der Waals surface area contributed by atoms with Gasteiger partial charge in [-0.25, -0.2) is 26.3 Å². The Bertz CT molecular complexity index is 415. The summed E-state index contributed by atoms with van der Waals surface area (Å²) in [7, 11) is 0. The highest BCUT2D eigenvalue weighted by Gasteiger charge is 2.41. The third kappa shape index (κ3) is 2.88. The van der Waals surface area contributed by atoms with Gasteiger partial charge in [-0.2, -0.15) is 0 Å². The van der Waals surface area contributed by atoms with Gasteiger partial charge in [0.25, 0.3) is 5.92 Å². The van der Waals surface area contributed by atoms with Gasteiger partial charge in [-0.3, -0.25) is 0 Å². The SMILES string of the molecule is Cl.N[C@H](c1c(F)c(F)cc(F)c1F)C(F)(F)CO. The van der Waals surface area contributed by atoms with Crippen molar-refractivity contribution in [3.8, 4) is 0 Å². The summed E-state index contributed by atoms with van der Waals surface area (Å²) in [4.78, 5) is 0. The van der Waals surface area contributed by atoms with Gasteiger partial charge in [-0.05, 0) is 0 Å². The number of benzene rings is 1. The van der Waals surface area contributed by atoms with Crippen molar-refractivity contribution in [2.45, 2.75) is 12.0 Å². The summed E-state index contributed by atoms with van der Waals surface area (Å²) in [6.07, 6.45) is 0. The first kappa shape index (κ1) is 17.0. The number of nitrogens with two attached hydrogens (primary N) is 1. The van der Waals surface area contributed by atoms with Crippen LogP contribution in [0.4, 0.5) is 26.3 Å². The summed E-state index contributed by atoms with van der Waals surface area (Å²) in [6.45, 7) is -1.81. The smallest absolute Gasteiger partial charge is 0.289 e. The number of hydrogen-bond donors (Lipinski definition) is 2. The van der Waals surface area contributed by atoms with E-state index >= 15 is 0 Å². The molecule has 1 rings (SSSR count). The summed E-state index contributed by atoms with van der Waals surface area (Å²) in [5.74, 6) is -11.8. The molecule has 0 radical (unpaired) electrons. The van der Waals surface area contributed by atoms with E-state index in [2.05, 4.69) is 0 Å². The molecule has 0 saturated heterocycles. The van der Waals surface area contributed by atoms with Gasteiger partial charge in [-0.15, -0.1) is 12.4 Å². The van der Waals surface area contributed by atoms with E-state index in [0.29, 0.717) is 0 Å². The molecule has 104 valence electrons. The predicted molar refractivity (Wildman–Crippen MR) is 52.5 cm³/mol. The van der Waals surface area contributed by atoms with Crippen LogP contribution in [0.1, 0.15) is 11.6 Å². The average Bonchev–Trinajstić information content (AvgIpc) is 2.26. The Morgan fingerprint density at radius 3 is 1.83 bits per heavy atom. The summed E-state index contributed by atoms with van der Waals surface area (Å²) in [5.41, 5.74) is 3.16. The second kappa shape index (κ2) is 5.77. The lowest BCUT2D eigenvalue weighted by atomic mass is 10.00.